The number of hydrogen-bond donors (Lipinski definition) is 1. The van der Waals surface area contributed by atoms with Crippen LogP contribution >= 0.6 is 23.2 Å². The molecule has 0 unspecified atom stereocenters. The SMILES string of the molecule is Cc1onc(-c2c(Cl)cccc2Cl)c1C(=O)NCCC(=O)N1CCCC1. The number of amides is 2. The molecule has 1 N–H and O–H groups in total. The number of aromatic nitrogens is 1. The zero-order valence-electron chi connectivity index (χ0n) is 14.3. The second kappa shape index (κ2) is 8.10. The number of carbonyl (C=O) groups excluding carboxylic acids is 2. The molecule has 26 heavy (non-hydrogen) atoms. The van der Waals surface area contributed by atoms with Gasteiger partial charge in [0.15, 0.2) is 0 Å². The van der Waals surface area contributed by atoms with E-state index >= 15 is 0 Å². The van der Waals surface area contributed by atoms with E-state index in [9.17, 15) is 9.59 Å². The Bertz CT molecular complexity index is 809. The number of aryl methyl sites for hydroxylation is 1. The minimum atomic E-state index is -0.371. The number of rotatable bonds is 5. The third-order valence-electron chi connectivity index (χ3n) is 4.37. The molecule has 0 saturated carbocycles. The second-order valence-corrected chi connectivity index (χ2v) is 6.97. The van der Waals surface area contributed by atoms with E-state index in [1.807, 2.05) is 4.90 Å². The molecule has 1 fully saturated rings. The van der Waals surface area contributed by atoms with Crippen molar-refractivity contribution in [3.63, 3.8) is 0 Å². The zero-order chi connectivity index (χ0) is 18.7. The molecule has 0 aliphatic carbocycles. The smallest absolute Gasteiger partial charge is 0.257 e. The van der Waals surface area contributed by atoms with Gasteiger partial charge in [0.05, 0.1) is 10.0 Å². The molecule has 1 aromatic heterocycles. The summed E-state index contributed by atoms with van der Waals surface area (Å²) in [5, 5.41) is 7.47. The van der Waals surface area contributed by atoms with Crippen LogP contribution in [0.4, 0.5) is 0 Å². The maximum absolute atomic E-state index is 12.6. The lowest BCUT2D eigenvalue weighted by atomic mass is 10.1. The predicted molar refractivity (Wildman–Crippen MR) is 99.5 cm³/mol. The van der Waals surface area contributed by atoms with E-state index in [0.29, 0.717) is 27.1 Å². The number of halogens is 2. The number of nitrogens with one attached hydrogen (secondary N) is 1. The minimum Gasteiger partial charge on any atom is -0.360 e. The topological polar surface area (TPSA) is 75.4 Å². The van der Waals surface area contributed by atoms with Gasteiger partial charge in [0.2, 0.25) is 5.91 Å². The van der Waals surface area contributed by atoms with Gasteiger partial charge in [0, 0.05) is 31.6 Å². The minimum absolute atomic E-state index is 0.0548. The molecule has 2 heterocycles. The molecular formula is C18H19Cl2N3O3. The van der Waals surface area contributed by atoms with Gasteiger partial charge in [-0.15, -0.1) is 0 Å². The van der Waals surface area contributed by atoms with Crippen molar-refractivity contribution in [2.24, 2.45) is 0 Å². The van der Waals surface area contributed by atoms with Gasteiger partial charge in [-0.3, -0.25) is 9.59 Å². The summed E-state index contributed by atoms with van der Waals surface area (Å²) >= 11 is 12.4. The summed E-state index contributed by atoms with van der Waals surface area (Å²) in [4.78, 5) is 26.5. The lowest BCUT2D eigenvalue weighted by molar-refractivity contribution is -0.129. The first kappa shape index (κ1) is 18.7. The molecule has 6 nitrogen and oxygen atoms in total. The van der Waals surface area contributed by atoms with E-state index in [1.165, 1.54) is 0 Å². The molecule has 0 atom stereocenters. The van der Waals surface area contributed by atoms with Crippen molar-refractivity contribution in [2.75, 3.05) is 19.6 Å². The van der Waals surface area contributed by atoms with Crippen LogP contribution in [0.1, 0.15) is 35.4 Å². The van der Waals surface area contributed by atoms with Crippen LogP contribution in [0.5, 0.6) is 0 Å². The van der Waals surface area contributed by atoms with Gasteiger partial charge in [0.1, 0.15) is 17.0 Å². The maximum atomic E-state index is 12.6. The fourth-order valence-corrected chi connectivity index (χ4v) is 3.61. The van der Waals surface area contributed by atoms with Crippen molar-refractivity contribution in [3.05, 3.63) is 39.6 Å². The van der Waals surface area contributed by atoms with Crippen molar-refractivity contribution in [1.82, 2.24) is 15.4 Å². The largest absolute Gasteiger partial charge is 0.360 e. The number of likely N-dealkylation sites (tertiary alicyclic amines) is 1. The Kier molecular flexibility index (Phi) is 5.84. The van der Waals surface area contributed by atoms with Crippen molar-refractivity contribution >= 4 is 35.0 Å². The highest BCUT2D eigenvalue weighted by Crippen LogP contribution is 2.36. The molecule has 1 aromatic carbocycles. The van der Waals surface area contributed by atoms with Gasteiger partial charge < -0.3 is 14.7 Å². The predicted octanol–water partition coefficient (Wildman–Crippen LogP) is 3.70. The molecule has 1 aliphatic heterocycles. The molecule has 138 valence electrons. The summed E-state index contributed by atoms with van der Waals surface area (Å²) in [7, 11) is 0. The average Bonchev–Trinajstić information content (AvgIpc) is 3.25. The van der Waals surface area contributed by atoms with Crippen LogP contribution in [0.15, 0.2) is 22.7 Å². The van der Waals surface area contributed by atoms with Crippen LogP contribution in [0.3, 0.4) is 0 Å². The summed E-state index contributed by atoms with van der Waals surface area (Å²) in [5.41, 5.74) is 1.01. The Labute approximate surface area is 161 Å². The number of benzene rings is 1. The lowest BCUT2D eigenvalue weighted by Crippen LogP contribution is -2.32. The molecule has 0 bridgehead atoms. The summed E-state index contributed by atoms with van der Waals surface area (Å²) in [5.74, 6) is 0.0440. The Hall–Kier alpha value is -2.05. The van der Waals surface area contributed by atoms with Gasteiger partial charge in [-0.1, -0.05) is 34.4 Å². The van der Waals surface area contributed by atoms with E-state index < -0.39 is 0 Å². The van der Waals surface area contributed by atoms with Gasteiger partial charge in [-0.05, 0) is 31.9 Å². The lowest BCUT2D eigenvalue weighted by Gasteiger charge is -2.15. The number of hydrogen-bond acceptors (Lipinski definition) is 4. The van der Waals surface area contributed by atoms with Crippen LogP contribution in [-0.2, 0) is 4.79 Å². The molecular weight excluding hydrogens is 377 g/mol. The van der Waals surface area contributed by atoms with Crippen molar-refractivity contribution in [3.8, 4) is 11.3 Å². The van der Waals surface area contributed by atoms with Crippen LogP contribution in [0.2, 0.25) is 10.0 Å². The van der Waals surface area contributed by atoms with Gasteiger partial charge in [0.25, 0.3) is 5.91 Å². The van der Waals surface area contributed by atoms with Crippen molar-refractivity contribution in [2.45, 2.75) is 26.2 Å². The quantitative estimate of drug-likeness (QED) is 0.836. The highest BCUT2D eigenvalue weighted by molar-refractivity contribution is 6.39. The molecule has 0 spiro atoms. The fourth-order valence-electron chi connectivity index (χ4n) is 3.03. The molecule has 2 aromatic rings. The molecule has 8 heteroatoms. The van der Waals surface area contributed by atoms with E-state index in [0.717, 1.165) is 25.9 Å². The highest BCUT2D eigenvalue weighted by atomic mass is 35.5. The summed E-state index contributed by atoms with van der Waals surface area (Å²) < 4.78 is 5.19. The third kappa shape index (κ3) is 3.86. The average molecular weight is 396 g/mol. The summed E-state index contributed by atoms with van der Waals surface area (Å²) in [6.07, 6.45) is 2.35. The van der Waals surface area contributed by atoms with E-state index in [1.54, 1.807) is 25.1 Å². The van der Waals surface area contributed by atoms with Crippen LogP contribution in [0, 0.1) is 6.92 Å². The van der Waals surface area contributed by atoms with Crippen LogP contribution in [0.25, 0.3) is 11.3 Å². The molecule has 2 amide bonds. The Morgan fingerprint density at radius 1 is 1.23 bits per heavy atom. The Morgan fingerprint density at radius 3 is 2.54 bits per heavy atom. The monoisotopic (exact) mass is 395 g/mol. The van der Waals surface area contributed by atoms with Crippen molar-refractivity contribution in [1.29, 1.82) is 0 Å². The molecule has 3 rings (SSSR count). The first-order valence-electron chi connectivity index (χ1n) is 8.45. The Morgan fingerprint density at radius 2 is 1.88 bits per heavy atom. The van der Waals surface area contributed by atoms with Crippen molar-refractivity contribution < 1.29 is 14.1 Å². The van der Waals surface area contributed by atoms with E-state index in [2.05, 4.69) is 10.5 Å². The Balaban J connectivity index is 1.72. The molecule has 1 saturated heterocycles. The van der Waals surface area contributed by atoms with Gasteiger partial charge in [-0.25, -0.2) is 0 Å². The normalized spacial score (nSPS) is 13.9. The fraction of sp³-hybridized carbons (Fsp3) is 0.389. The first-order chi connectivity index (χ1) is 12.5. The van der Waals surface area contributed by atoms with Crippen LogP contribution < -0.4 is 5.32 Å². The maximum Gasteiger partial charge on any atom is 0.257 e. The second-order valence-electron chi connectivity index (χ2n) is 6.15. The van der Waals surface area contributed by atoms with Gasteiger partial charge in [-0.2, -0.15) is 0 Å². The summed E-state index contributed by atoms with van der Waals surface area (Å²) in [6.45, 7) is 3.49. The number of nitrogens with zero attached hydrogens (tertiary/aromatic N) is 2. The third-order valence-corrected chi connectivity index (χ3v) is 5.00. The standard InChI is InChI=1S/C18H19Cl2N3O3/c1-11-15(17(22-26-11)16-12(19)5-4-6-13(16)20)18(25)21-8-7-14(24)23-9-2-3-10-23/h4-6H,2-3,7-10H2,1H3,(H,21,25). The molecule has 1 aliphatic rings. The van der Waals surface area contributed by atoms with Gasteiger partial charge >= 0.3 is 0 Å². The van der Waals surface area contributed by atoms with Crippen LogP contribution in [-0.4, -0.2) is 41.5 Å². The number of carbonyl (C=O) groups is 2. The van der Waals surface area contributed by atoms with E-state index in [-0.39, 0.29) is 30.3 Å². The molecule has 0 radical (unpaired) electrons. The highest BCUT2D eigenvalue weighted by Gasteiger charge is 2.25. The zero-order valence-corrected chi connectivity index (χ0v) is 15.9. The first-order valence-corrected chi connectivity index (χ1v) is 9.21. The van der Waals surface area contributed by atoms with E-state index in [4.69, 9.17) is 27.7 Å². The summed E-state index contributed by atoms with van der Waals surface area (Å²) in [6, 6.07) is 5.05.